The maximum absolute atomic E-state index is 4.57. The Morgan fingerprint density at radius 1 is 0.913 bits per heavy atom. The molecular weight excluding hydrogens is 284 g/mol. The molecule has 0 radical (unpaired) electrons. The highest BCUT2D eigenvalue weighted by atomic mass is 15.6. The Balaban J connectivity index is 2.05. The summed E-state index contributed by atoms with van der Waals surface area (Å²) >= 11 is 0. The molecule has 118 valence electrons. The van der Waals surface area contributed by atoms with Crippen LogP contribution in [0.1, 0.15) is 33.3 Å². The number of nitrogens with zero attached hydrogens (tertiary/aromatic N) is 4. The molecule has 0 unspecified atom stereocenters. The van der Waals surface area contributed by atoms with Crippen LogP contribution in [0.25, 0.3) is 22.5 Å². The van der Waals surface area contributed by atoms with Gasteiger partial charge < -0.3 is 0 Å². The van der Waals surface area contributed by atoms with Crippen LogP contribution < -0.4 is 0 Å². The van der Waals surface area contributed by atoms with E-state index in [1.807, 2.05) is 18.2 Å². The van der Waals surface area contributed by atoms with E-state index in [4.69, 9.17) is 0 Å². The molecule has 4 nitrogen and oxygen atoms in total. The molecule has 0 aliphatic heterocycles. The third-order valence-corrected chi connectivity index (χ3v) is 3.85. The second-order valence-corrected chi connectivity index (χ2v) is 6.67. The fraction of sp³-hybridized carbons (Fsp3) is 0.316. The Morgan fingerprint density at radius 3 is 2.13 bits per heavy atom. The molecule has 0 amide bonds. The van der Waals surface area contributed by atoms with Crippen molar-refractivity contribution in [3.8, 4) is 22.5 Å². The van der Waals surface area contributed by atoms with Crippen molar-refractivity contribution in [2.75, 3.05) is 0 Å². The maximum atomic E-state index is 4.57. The fourth-order valence-corrected chi connectivity index (χ4v) is 2.46. The summed E-state index contributed by atoms with van der Waals surface area (Å²) in [4.78, 5) is 1.67. The van der Waals surface area contributed by atoms with E-state index >= 15 is 0 Å². The van der Waals surface area contributed by atoms with Crippen LogP contribution in [0.4, 0.5) is 0 Å². The molecule has 3 aromatic rings. The normalized spacial score (nSPS) is 11.7. The molecule has 2 aromatic carbocycles. The van der Waals surface area contributed by atoms with E-state index in [9.17, 15) is 0 Å². The lowest BCUT2D eigenvalue weighted by atomic mass is 9.98. The van der Waals surface area contributed by atoms with E-state index < -0.39 is 0 Å². The highest BCUT2D eigenvalue weighted by Gasteiger charge is 2.19. The van der Waals surface area contributed by atoms with Crippen molar-refractivity contribution in [2.24, 2.45) is 0 Å². The first-order valence-electron chi connectivity index (χ1n) is 7.98. The van der Waals surface area contributed by atoms with Crippen LogP contribution in [0.2, 0.25) is 0 Å². The summed E-state index contributed by atoms with van der Waals surface area (Å²) < 4.78 is 0. The van der Waals surface area contributed by atoms with Crippen molar-refractivity contribution in [3.05, 3.63) is 54.1 Å². The number of aryl methyl sites for hydroxylation is 1. The minimum atomic E-state index is -0.178. The standard InChI is InChI=1S/C19H22N4/c1-5-14-10-12-15(13-11-14)16-8-6-7-9-17(16)18-20-22-23(21-18)19(2,3)4/h6-13H,5H2,1-4H3. The van der Waals surface area contributed by atoms with E-state index in [0.29, 0.717) is 5.82 Å². The molecule has 23 heavy (non-hydrogen) atoms. The monoisotopic (exact) mass is 306 g/mol. The van der Waals surface area contributed by atoms with Crippen LogP contribution in [-0.4, -0.2) is 20.2 Å². The number of hydrogen-bond acceptors (Lipinski definition) is 3. The average molecular weight is 306 g/mol. The predicted octanol–water partition coefficient (Wildman–Crippen LogP) is 4.32. The van der Waals surface area contributed by atoms with Crippen LogP contribution in [0, 0.1) is 0 Å². The van der Waals surface area contributed by atoms with Gasteiger partial charge in [0.1, 0.15) is 0 Å². The molecule has 0 spiro atoms. The lowest BCUT2D eigenvalue weighted by Crippen LogP contribution is -2.24. The lowest BCUT2D eigenvalue weighted by Gasteiger charge is -2.15. The number of benzene rings is 2. The van der Waals surface area contributed by atoms with Crippen molar-refractivity contribution in [1.29, 1.82) is 0 Å². The summed E-state index contributed by atoms with van der Waals surface area (Å²) in [6.45, 7) is 8.35. The summed E-state index contributed by atoms with van der Waals surface area (Å²) in [5.41, 5.74) is 4.46. The van der Waals surface area contributed by atoms with Gasteiger partial charge in [0.25, 0.3) is 0 Å². The maximum Gasteiger partial charge on any atom is 0.205 e. The quantitative estimate of drug-likeness (QED) is 0.723. The summed E-state index contributed by atoms with van der Waals surface area (Å²) in [5, 5.41) is 13.0. The highest BCUT2D eigenvalue weighted by molar-refractivity contribution is 5.80. The third kappa shape index (κ3) is 3.16. The molecule has 0 aliphatic carbocycles. The van der Waals surface area contributed by atoms with Gasteiger partial charge in [0.15, 0.2) is 0 Å². The van der Waals surface area contributed by atoms with Crippen molar-refractivity contribution in [1.82, 2.24) is 20.2 Å². The lowest BCUT2D eigenvalue weighted by molar-refractivity contribution is 0.306. The SMILES string of the molecule is CCc1ccc(-c2ccccc2-c2nnn(C(C)(C)C)n2)cc1. The van der Waals surface area contributed by atoms with E-state index in [0.717, 1.165) is 17.5 Å². The molecule has 0 saturated carbocycles. The van der Waals surface area contributed by atoms with E-state index in [2.05, 4.69) is 73.4 Å². The number of rotatable bonds is 3. The van der Waals surface area contributed by atoms with Gasteiger partial charge in [-0.3, -0.25) is 0 Å². The van der Waals surface area contributed by atoms with E-state index in [1.54, 1.807) is 4.80 Å². The Kier molecular flexibility index (Phi) is 3.99. The van der Waals surface area contributed by atoms with Gasteiger partial charge in [-0.05, 0) is 49.1 Å². The van der Waals surface area contributed by atoms with Crippen LogP contribution in [-0.2, 0) is 12.0 Å². The second kappa shape index (κ2) is 5.95. The van der Waals surface area contributed by atoms with Crippen LogP contribution in [0.3, 0.4) is 0 Å². The molecule has 0 atom stereocenters. The van der Waals surface area contributed by atoms with Gasteiger partial charge in [0, 0.05) is 5.56 Å². The zero-order chi connectivity index (χ0) is 16.4. The molecule has 0 aliphatic rings. The molecule has 0 fully saturated rings. The molecule has 4 heteroatoms. The van der Waals surface area contributed by atoms with E-state index in [1.165, 1.54) is 11.1 Å². The van der Waals surface area contributed by atoms with Crippen LogP contribution in [0.5, 0.6) is 0 Å². The molecule has 3 rings (SSSR count). The van der Waals surface area contributed by atoms with Crippen LogP contribution >= 0.6 is 0 Å². The zero-order valence-corrected chi connectivity index (χ0v) is 14.1. The minimum Gasteiger partial charge on any atom is -0.158 e. The molecule has 0 bridgehead atoms. The third-order valence-electron chi connectivity index (χ3n) is 3.85. The summed E-state index contributed by atoms with van der Waals surface area (Å²) in [6.07, 6.45) is 1.05. The van der Waals surface area contributed by atoms with Crippen molar-refractivity contribution >= 4 is 0 Å². The molecule has 1 aromatic heterocycles. The number of aromatic nitrogens is 4. The summed E-state index contributed by atoms with van der Waals surface area (Å²) in [5.74, 6) is 0.662. The Morgan fingerprint density at radius 2 is 1.57 bits per heavy atom. The first kappa shape index (κ1) is 15.4. The molecular formula is C19H22N4. The predicted molar refractivity (Wildman–Crippen MR) is 93.1 cm³/mol. The Bertz CT molecular complexity index is 795. The molecule has 0 N–H and O–H groups in total. The van der Waals surface area contributed by atoms with Gasteiger partial charge in [0.05, 0.1) is 5.54 Å². The first-order valence-corrected chi connectivity index (χ1v) is 7.98. The van der Waals surface area contributed by atoms with Gasteiger partial charge in [-0.2, -0.15) is 4.80 Å². The highest BCUT2D eigenvalue weighted by Crippen LogP contribution is 2.30. The van der Waals surface area contributed by atoms with Crippen molar-refractivity contribution < 1.29 is 0 Å². The topological polar surface area (TPSA) is 43.6 Å². The number of tetrazole rings is 1. The molecule has 0 saturated heterocycles. The second-order valence-electron chi connectivity index (χ2n) is 6.67. The van der Waals surface area contributed by atoms with Gasteiger partial charge in [-0.15, -0.1) is 10.2 Å². The summed E-state index contributed by atoms with van der Waals surface area (Å²) in [7, 11) is 0. The van der Waals surface area contributed by atoms with Gasteiger partial charge >= 0.3 is 0 Å². The largest absolute Gasteiger partial charge is 0.205 e. The van der Waals surface area contributed by atoms with Gasteiger partial charge in [0.2, 0.25) is 5.82 Å². The smallest absolute Gasteiger partial charge is 0.158 e. The summed E-state index contributed by atoms with van der Waals surface area (Å²) in [6, 6.07) is 16.9. The first-order chi connectivity index (χ1) is 11.0. The number of hydrogen-bond donors (Lipinski definition) is 0. The Labute approximate surface area is 137 Å². The zero-order valence-electron chi connectivity index (χ0n) is 14.1. The van der Waals surface area contributed by atoms with E-state index in [-0.39, 0.29) is 5.54 Å². The average Bonchev–Trinajstić information content (AvgIpc) is 3.05. The van der Waals surface area contributed by atoms with Crippen LogP contribution in [0.15, 0.2) is 48.5 Å². The van der Waals surface area contributed by atoms with Crippen molar-refractivity contribution in [3.63, 3.8) is 0 Å². The van der Waals surface area contributed by atoms with Crippen molar-refractivity contribution in [2.45, 2.75) is 39.7 Å². The Hall–Kier alpha value is -2.49. The molecule has 1 heterocycles. The minimum absolute atomic E-state index is 0.178. The fourth-order valence-electron chi connectivity index (χ4n) is 2.46. The van der Waals surface area contributed by atoms with Gasteiger partial charge in [-0.25, -0.2) is 0 Å². The van der Waals surface area contributed by atoms with Gasteiger partial charge in [-0.1, -0.05) is 55.5 Å².